The number of halogens is 1. The highest BCUT2D eigenvalue weighted by atomic mass is 127. The third-order valence-electron chi connectivity index (χ3n) is 6.22. The molecule has 1 heteroatoms. The molecule has 0 aromatic carbocycles. The third kappa shape index (κ3) is 2.41. The molecular formula is C17H27I. The molecule has 0 aromatic rings. The summed E-state index contributed by atoms with van der Waals surface area (Å²) in [4.78, 5) is 0. The van der Waals surface area contributed by atoms with Crippen LogP contribution in [0.1, 0.15) is 51.4 Å². The molecule has 6 unspecified atom stereocenters. The summed E-state index contributed by atoms with van der Waals surface area (Å²) in [5.74, 6) is 6.28. The number of hydrogen-bond acceptors (Lipinski definition) is 0. The Kier molecular flexibility index (Phi) is 4.37. The van der Waals surface area contributed by atoms with Gasteiger partial charge >= 0.3 is 0 Å². The van der Waals surface area contributed by atoms with Crippen LogP contribution in [0.15, 0.2) is 12.7 Å². The molecule has 6 atom stereocenters. The number of alkyl halides is 1. The Hall–Kier alpha value is 0.470. The molecular weight excluding hydrogens is 331 g/mol. The molecule has 0 saturated heterocycles. The van der Waals surface area contributed by atoms with Gasteiger partial charge in [-0.3, -0.25) is 0 Å². The zero-order valence-corrected chi connectivity index (χ0v) is 13.6. The van der Waals surface area contributed by atoms with Gasteiger partial charge in [-0.15, -0.1) is 6.58 Å². The van der Waals surface area contributed by atoms with Crippen molar-refractivity contribution in [3.8, 4) is 0 Å². The molecule has 0 aliphatic heterocycles. The summed E-state index contributed by atoms with van der Waals surface area (Å²) in [5, 5.41) is 0. The van der Waals surface area contributed by atoms with Gasteiger partial charge in [0.15, 0.2) is 0 Å². The number of hydrogen-bond donors (Lipinski definition) is 0. The van der Waals surface area contributed by atoms with Crippen molar-refractivity contribution < 1.29 is 0 Å². The smallest absolute Gasteiger partial charge is 0.000473 e. The Morgan fingerprint density at radius 3 is 2.67 bits per heavy atom. The van der Waals surface area contributed by atoms with Crippen LogP contribution in [0.2, 0.25) is 0 Å². The van der Waals surface area contributed by atoms with Crippen LogP contribution in [0.25, 0.3) is 0 Å². The molecule has 18 heavy (non-hydrogen) atoms. The molecule has 2 bridgehead atoms. The number of rotatable bonds is 5. The van der Waals surface area contributed by atoms with Gasteiger partial charge in [-0.1, -0.05) is 47.9 Å². The summed E-state index contributed by atoms with van der Waals surface area (Å²) in [6.07, 6.45) is 14.4. The fourth-order valence-corrected chi connectivity index (χ4v) is 5.98. The highest BCUT2D eigenvalue weighted by Crippen LogP contribution is 2.61. The lowest BCUT2D eigenvalue weighted by molar-refractivity contribution is 0.0958. The minimum Gasteiger partial charge on any atom is -0.103 e. The van der Waals surface area contributed by atoms with Crippen LogP contribution in [0.5, 0.6) is 0 Å². The van der Waals surface area contributed by atoms with E-state index >= 15 is 0 Å². The monoisotopic (exact) mass is 358 g/mol. The van der Waals surface area contributed by atoms with E-state index in [-0.39, 0.29) is 0 Å². The largest absolute Gasteiger partial charge is 0.103 e. The van der Waals surface area contributed by atoms with Gasteiger partial charge < -0.3 is 0 Å². The Bertz CT molecular complexity index is 298. The average molecular weight is 358 g/mol. The molecule has 102 valence electrons. The highest BCUT2D eigenvalue weighted by Gasteiger charge is 2.52. The van der Waals surface area contributed by atoms with Crippen LogP contribution >= 0.6 is 22.6 Å². The topological polar surface area (TPSA) is 0 Å². The Morgan fingerprint density at radius 1 is 1.00 bits per heavy atom. The van der Waals surface area contributed by atoms with Crippen LogP contribution in [-0.4, -0.2) is 4.43 Å². The van der Waals surface area contributed by atoms with Crippen molar-refractivity contribution in [3.05, 3.63) is 12.7 Å². The number of allylic oxidation sites excluding steroid dienone is 1. The molecule has 0 amide bonds. The van der Waals surface area contributed by atoms with Crippen LogP contribution in [0, 0.1) is 35.5 Å². The van der Waals surface area contributed by atoms with Crippen molar-refractivity contribution in [2.75, 3.05) is 4.43 Å². The van der Waals surface area contributed by atoms with Gasteiger partial charge in [0, 0.05) is 0 Å². The van der Waals surface area contributed by atoms with E-state index in [2.05, 4.69) is 35.2 Å². The number of unbranched alkanes of at least 4 members (excludes halogenated alkanes) is 1. The summed E-state index contributed by atoms with van der Waals surface area (Å²) in [7, 11) is 0. The van der Waals surface area contributed by atoms with Crippen LogP contribution in [0.3, 0.4) is 0 Å². The summed E-state index contributed by atoms with van der Waals surface area (Å²) >= 11 is 2.52. The minimum atomic E-state index is 0.881. The third-order valence-corrected chi connectivity index (χ3v) is 6.98. The van der Waals surface area contributed by atoms with Crippen LogP contribution < -0.4 is 0 Å². The maximum atomic E-state index is 4.06. The van der Waals surface area contributed by atoms with Gasteiger partial charge in [0.2, 0.25) is 0 Å². The molecule has 3 aliphatic carbocycles. The number of fused-ring (bicyclic) bond motifs is 5. The van der Waals surface area contributed by atoms with E-state index in [1.165, 1.54) is 36.5 Å². The summed E-state index contributed by atoms with van der Waals surface area (Å²) < 4.78 is 1.35. The first-order chi connectivity index (χ1) is 8.83. The van der Waals surface area contributed by atoms with E-state index < -0.39 is 0 Å². The fourth-order valence-electron chi connectivity index (χ4n) is 5.44. The van der Waals surface area contributed by atoms with Crippen molar-refractivity contribution in [1.29, 1.82) is 0 Å². The van der Waals surface area contributed by atoms with Crippen LogP contribution in [-0.2, 0) is 0 Å². The Labute approximate surface area is 126 Å². The van der Waals surface area contributed by atoms with Crippen molar-refractivity contribution >= 4 is 22.6 Å². The zero-order valence-electron chi connectivity index (χ0n) is 11.5. The molecule has 0 nitrogen and oxygen atoms in total. The van der Waals surface area contributed by atoms with Crippen molar-refractivity contribution in [1.82, 2.24) is 0 Å². The maximum Gasteiger partial charge on any atom is -0.000473 e. The predicted molar refractivity (Wildman–Crippen MR) is 87.0 cm³/mol. The lowest BCUT2D eigenvalue weighted by Gasteiger charge is -2.41. The molecule has 3 saturated carbocycles. The molecule has 0 N–H and O–H groups in total. The Morgan fingerprint density at radius 2 is 1.89 bits per heavy atom. The first-order valence-electron chi connectivity index (χ1n) is 8.02. The lowest BCUT2D eigenvalue weighted by Crippen LogP contribution is -2.33. The molecule has 0 aromatic heterocycles. The minimum absolute atomic E-state index is 0.881. The average Bonchev–Trinajstić information content (AvgIpc) is 2.97. The van der Waals surface area contributed by atoms with E-state index in [1.54, 1.807) is 19.3 Å². The summed E-state index contributed by atoms with van der Waals surface area (Å²) in [6.45, 7) is 4.06. The van der Waals surface area contributed by atoms with E-state index in [9.17, 15) is 0 Å². The lowest BCUT2D eigenvalue weighted by atomic mass is 9.64. The first-order valence-corrected chi connectivity index (χ1v) is 9.54. The molecule has 3 rings (SSSR count). The van der Waals surface area contributed by atoms with E-state index in [0.29, 0.717) is 0 Å². The highest BCUT2D eigenvalue weighted by molar-refractivity contribution is 14.1. The zero-order chi connectivity index (χ0) is 12.5. The fraction of sp³-hybridized carbons (Fsp3) is 0.882. The molecule has 3 fully saturated rings. The van der Waals surface area contributed by atoms with Crippen LogP contribution in [0.4, 0.5) is 0 Å². The predicted octanol–water partition coefficient (Wildman–Crippen LogP) is 5.47. The van der Waals surface area contributed by atoms with Gasteiger partial charge in [0.05, 0.1) is 0 Å². The SMILES string of the molecule is C=CC1CC2CC1C1CCC(CCCCI)CC21. The van der Waals surface area contributed by atoms with Crippen molar-refractivity contribution in [3.63, 3.8) is 0 Å². The van der Waals surface area contributed by atoms with E-state index in [1.807, 2.05) is 0 Å². The van der Waals surface area contributed by atoms with Crippen molar-refractivity contribution in [2.45, 2.75) is 51.4 Å². The van der Waals surface area contributed by atoms with Gasteiger partial charge in [-0.25, -0.2) is 0 Å². The van der Waals surface area contributed by atoms with Gasteiger partial charge in [-0.05, 0) is 72.0 Å². The maximum absolute atomic E-state index is 4.06. The van der Waals surface area contributed by atoms with Gasteiger partial charge in [0.1, 0.15) is 0 Å². The quantitative estimate of drug-likeness (QED) is 0.265. The normalized spacial score (nSPS) is 46.1. The molecule has 0 spiro atoms. The molecule has 3 aliphatic rings. The van der Waals surface area contributed by atoms with Gasteiger partial charge in [-0.2, -0.15) is 0 Å². The first kappa shape index (κ1) is 13.5. The van der Waals surface area contributed by atoms with Crippen molar-refractivity contribution in [2.24, 2.45) is 35.5 Å². The second-order valence-corrected chi connectivity index (χ2v) is 8.07. The summed E-state index contributed by atoms with van der Waals surface area (Å²) in [6, 6.07) is 0. The standard InChI is InChI=1S/C17H27I/c1-2-13-10-14-11-17(13)15-7-6-12(9-16(14)15)5-3-4-8-18/h2,12-17H,1,3-11H2. The second-order valence-electron chi connectivity index (χ2n) is 6.99. The van der Waals surface area contributed by atoms with Gasteiger partial charge in [0.25, 0.3) is 0 Å². The molecule has 0 heterocycles. The Balaban J connectivity index is 1.55. The molecule has 0 radical (unpaired) electrons. The summed E-state index contributed by atoms with van der Waals surface area (Å²) in [5.41, 5.74) is 0. The second kappa shape index (κ2) is 5.85. The van der Waals surface area contributed by atoms with E-state index in [4.69, 9.17) is 0 Å². The van der Waals surface area contributed by atoms with E-state index in [0.717, 1.165) is 35.5 Å².